The van der Waals surface area contributed by atoms with E-state index in [4.69, 9.17) is 0 Å². The van der Waals surface area contributed by atoms with Crippen LogP contribution in [0.25, 0.3) is 0 Å². The van der Waals surface area contributed by atoms with Gasteiger partial charge in [-0.2, -0.15) is 13.2 Å². The van der Waals surface area contributed by atoms with Gasteiger partial charge in [0.25, 0.3) is 0 Å². The Bertz CT molecular complexity index is 1270. The van der Waals surface area contributed by atoms with Gasteiger partial charge in [-0.3, -0.25) is 4.90 Å². The van der Waals surface area contributed by atoms with Gasteiger partial charge in [0, 0.05) is 31.0 Å². The number of nitrogens with zero attached hydrogens (tertiary/aromatic N) is 2. The standard InChI is InChI=1S/C27H30F4N2O2S/c28-25-12-18-13-26(32-8-3-9-32)24(11-17-4-1-5-20(10-17)27(29,30)31)22(18)14-23(25)19-15-33(16-19)36(34,35)21-6-2-7-21/h1,4-5,10,12,14,19,21,24,26H,2-3,6-9,11,13,15-16H2. The maximum atomic E-state index is 15.2. The second-order valence-electron chi connectivity index (χ2n) is 10.9. The Morgan fingerprint density at radius 1 is 0.972 bits per heavy atom. The molecule has 0 bridgehead atoms. The molecule has 2 aliphatic heterocycles. The minimum Gasteiger partial charge on any atom is -0.299 e. The molecule has 2 atom stereocenters. The molecule has 0 aromatic heterocycles. The highest BCUT2D eigenvalue weighted by atomic mass is 32.2. The van der Waals surface area contributed by atoms with Crippen molar-refractivity contribution in [3.8, 4) is 0 Å². The lowest BCUT2D eigenvalue weighted by Gasteiger charge is -2.42. The van der Waals surface area contributed by atoms with E-state index in [1.807, 2.05) is 6.07 Å². The highest BCUT2D eigenvalue weighted by Gasteiger charge is 2.45. The normalized spacial score (nSPS) is 25.8. The van der Waals surface area contributed by atoms with Crippen LogP contribution in [0.3, 0.4) is 0 Å². The third-order valence-corrected chi connectivity index (χ3v) is 11.1. The molecule has 2 aromatic rings. The number of sulfonamides is 1. The summed E-state index contributed by atoms with van der Waals surface area (Å²) in [6.45, 7) is 2.48. The van der Waals surface area contributed by atoms with Crippen molar-refractivity contribution in [3.05, 3.63) is 70.0 Å². The molecule has 4 aliphatic rings. The van der Waals surface area contributed by atoms with Gasteiger partial charge in [-0.15, -0.1) is 0 Å². The fourth-order valence-electron chi connectivity index (χ4n) is 6.21. The summed E-state index contributed by atoms with van der Waals surface area (Å²) in [5.41, 5.74) is 2.43. The first-order valence-electron chi connectivity index (χ1n) is 12.8. The van der Waals surface area contributed by atoms with Crippen LogP contribution in [-0.2, 0) is 29.0 Å². The molecule has 2 aliphatic carbocycles. The van der Waals surface area contributed by atoms with Crippen LogP contribution in [0.5, 0.6) is 0 Å². The van der Waals surface area contributed by atoms with Gasteiger partial charge < -0.3 is 0 Å². The molecule has 0 N–H and O–H groups in total. The predicted molar refractivity (Wildman–Crippen MR) is 129 cm³/mol. The molecule has 9 heteroatoms. The molecule has 2 saturated heterocycles. The van der Waals surface area contributed by atoms with Gasteiger partial charge in [0.05, 0.1) is 10.8 Å². The number of alkyl halides is 3. The lowest BCUT2D eigenvalue weighted by Crippen LogP contribution is -2.53. The third kappa shape index (κ3) is 4.17. The van der Waals surface area contributed by atoms with Crippen LogP contribution in [0.4, 0.5) is 17.6 Å². The zero-order valence-electron chi connectivity index (χ0n) is 20.0. The summed E-state index contributed by atoms with van der Waals surface area (Å²) in [7, 11) is -3.30. The van der Waals surface area contributed by atoms with Crippen molar-refractivity contribution < 1.29 is 26.0 Å². The maximum absolute atomic E-state index is 15.2. The molecule has 0 spiro atoms. The van der Waals surface area contributed by atoms with Gasteiger partial charge in [-0.05, 0) is 79.6 Å². The minimum atomic E-state index is -4.40. The number of hydrogen-bond acceptors (Lipinski definition) is 3. The van der Waals surface area contributed by atoms with E-state index in [0.29, 0.717) is 49.9 Å². The van der Waals surface area contributed by atoms with E-state index >= 15 is 4.39 Å². The molecule has 4 nitrogen and oxygen atoms in total. The Hall–Kier alpha value is -1.97. The molecule has 2 heterocycles. The average molecular weight is 523 g/mol. The van der Waals surface area contributed by atoms with Crippen molar-refractivity contribution in [1.82, 2.24) is 9.21 Å². The van der Waals surface area contributed by atoms with Crippen LogP contribution in [0.15, 0.2) is 36.4 Å². The molecule has 0 amide bonds. The second kappa shape index (κ2) is 8.81. The molecule has 1 saturated carbocycles. The van der Waals surface area contributed by atoms with Crippen molar-refractivity contribution in [2.75, 3.05) is 26.2 Å². The highest BCUT2D eigenvalue weighted by molar-refractivity contribution is 7.89. The third-order valence-electron chi connectivity index (χ3n) is 8.74. The Labute approximate surface area is 209 Å². The van der Waals surface area contributed by atoms with Crippen LogP contribution >= 0.6 is 0 Å². The monoisotopic (exact) mass is 522 g/mol. The highest BCUT2D eigenvalue weighted by Crippen LogP contribution is 2.44. The van der Waals surface area contributed by atoms with Gasteiger partial charge in [-0.1, -0.05) is 30.7 Å². The summed E-state index contributed by atoms with van der Waals surface area (Å²) >= 11 is 0. The number of likely N-dealkylation sites (tertiary alicyclic amines) is 1. The van der Waals surface area contributed by atoms with Crippen LogP contribution < -0.4 is 0 Å². The Morgan fingerprint density at radius 3 is 2.33 bits per heavy atom. The molecule has 2 aromatic carbocycles. The SMILES string of the molecule is O=S(=O)(C1CCC1)N1CC(c2cc3c(cc2F)CC(N2CCC2)C3Cc2cccc(C(F)(F)F)c2)C1. The Morgan fingerprint density at radius 2 is 1.72 bits per heavy atom. The maximum Gasteiger partial charge on any atom is 0.416 e. The van der Waals surface area contributed by atoms with Crippen molar-refractivity contribution in [2.45, 2.75) is 67.8 Å². The first-order valence-corrected chi connectivity index (χ1v) is 14.3. The van der Waals surface area contributed by atoms with E-state index in [-0.39, 0.29) is 28.9 Å². The van der Waals surface area contributed by atoms with Crippen molar-refractivity contribution in [3.63, 3.8) is 0 Å². The quantitative estimate of drug-likeness (QED) is 0.497. The zero-order chi connectivity index (χ0) is 25.2. The van der Waals surface area contributed by atoms with Crippen LogP contribution in [0.1, 0.15) is 65.3 Å². The molecular weight excluding hydrogens is 492 g/mol. The number of fused-ring (bicyclic) bond motifs is 1. The van der Waals surface area contributed by atoms with Crippen molar-refractivity contribution in [2.24, 2.45) is 0 Å². The van der Waals surface area contributed by atoms with Gasteiger partial charge in [0.1, 0.15) is 5.82 Å². The fraction of sp³-hybridized carbons (Fsp3) is 0.556. The number of rotatable bonds is 6. The molecule has 6 rings (SSSR count). The van der Waals surface area contributed by atoms with E-state index in [2.05, 4.69) is 4.90 Å². The van der Waals surface area contributed by atoms with Crippen LogP contribution in [0, 0.1) is 5.82 Å². The van der Waals surface area contributed by atoms with Gasteiger partial charge in [-0.25, -0.2) is 17.1 Å². The molecule has 36 heavy (non-hydrogen) atoms. The van der Waals surface area contributed by atoms with Gasteiger partial charge in [0.15, 0.2) is 0 Å². The predicted octanol–water partition coefficient (Wildman–Crippen LogP) is 5.08. The largest absolute Gasteiger partial charge is 0.416 e. The van der Waals surface area contributed by atoms with Crippen molar-refractivity contribution >= 4 is 10.0 Å². The Kier molecular flexibility index (Phi) is 5.96. The number of benzene rings is 2. The topological polar surface area (TPSA) is 40.6 Å². The first kappa shape index (κ1) is 24.4. The van der Waals surface area contributed by atoms with Crippen molar-refractivity contribution in [1.29, 1.82) is 0 Å². The zero-order valence-corrected chi connectivity index (χ0v) is 20.8. The second-order valence-corrected chi connectivity index (χ2v) is 13.1. The smallest absolute Gasteiger partial charge is 0.299 e. The Balaban J connectivity index is 1.27. The van der Waals surface area contributed by atoms with E-state index in [0.717, 1.165) is 43.1 Å². The molecular formula is C27H30F4N2O2S. The number of hydrogen-bond donors (Lipinski definition) is 0. The number of halogens is 4. The van der Waals surface area contributed by atoms with E-state index < -0.39 is 21.8 Å². The van der Waals surface area contributed by atoms with Gasteiger partial charge in [0.2, 0.25) is 10.0 Å². The summed E-state index contributed by atoms with van der Waals surface area (Å²) in [6, 6.07) is 9.12. The molecule has 194 valence electrons. The van der Waals surface area contributed by atoms with E-state index in [1.54, 1.807) is 12.1 Å². The summed E-state index contributed by atoms with van der Waals surface area (Å²) in [5, 5.41) is -0.294. The summed E-state index contributed by atoms with van der Waals surface area (Å²) in [5.74, 6) is -0.526. The molecule has 3 fully saturated rings. The van der Waals surface area contributed by atoms with E-state index in [9.17, 15) is 21.6 Å². The first-order chi connectivity index (χ1) is 17.1. The lowest BCUT2D eigenvalue weighted by atomic mass is 9.85. The summed E-state index contributed by atoms with van der Waals surface area (Å²) < 4.78 is 82.1. The lowest BCUT2D eigenvalue weighted by molar-refractivity contribution is -0.137. The van der Waals surface area contributed by atoms with Gasteiger partial charge >= 0.3 is 6.18 Å². The fourth-order valence-corrected chi connectivity index (χ4v) is 8.34. The minimum absolute atomic E-state index is 0.0296. The summed E-state index contributed by atoms with van der Waals surface area (Å²) in [6.07, 6.45) is 0.172. The van der Waals surface area contributed by atoms with E-state index in [1.165, 1.54) is 16.4 Å². The average Bonchev–Trinajstić information content (AvgIpc) is 3.00. The summed E-state index contributed by atoms with van der Waals surface area (Å²) in [4.78, 5) is 2.35. The molecule has 0 radical (unpaired) electrons. The van der Waals surface area contributed by atoms with Crippen LogP contribution in [-0.4, -0.2) is 55.1 Å². The van der Waals surface area contributed by atoms with Crippen LogP contribution in [0.2, 0.25) is 0 Å². The molecule has 2 unspecified atom stereocenters.